The number of aliphatic imine (C=N–C) groups is 1. The lowest BCUT2D eigenvalue weighted by Crippen LogP contribution is -2.53. The van der Waals surface area contributed by atoms with E-state index in [4.69, 9.17) is 0 Å². The minimum atomic E-state index is 0.0899. The summed E-state index contributed by atoms with van der Waals surface area (Å²) in [4.78, 5) is 21.0. The molecule has 1 aromatic carbocycles. The topological polar surface area (TPSA) is 60.0 Å². The largest absolute Gasteiger partial charge is 0.368 e. The van der Waals surface area contributed by atoms with Crippen molar-refractivity contribution in [3.8, 4) is 0 Å². The van der Waals surface area contributed by atoms with Gasteiger partial charge in [-0.15, -0.1) is 0 Å². The van der Waals surface area contributed by atoms with Crippen molar-refractivity contribution in [3.63, 3.8) is 0 Å². The summed E-state index contributed by atoms with van der Waals surface area (Å²) >= 11 is 0. The molecule has 2 rings (SSSR count). The highest BCUT2D eigenvalue weighted by Gasteiger charge is 2.21. The van der Waals surface area contributed by atoms with Crippen molar-refractivity contribution in [2.75, 3.05) is 44.7 Å². The molecule has 0 aromatic heterocycles. The number of rotatable bonds is 6. The van der Waals surface area contributed by atoms with E-state index in [1.54, 1.807) is 7.05 Å². The Labute approximate surface area is 164 Å². The molecule has 1 aliphatic rings. The van der Waals surface area contributed by atoms with Crippen LogP contribution in [0.15, 0.2) is 23.2 Å². The van der Waals surface area contributed by atoms with Crippen LogP contribution in [-0.4, -0.2) is 62.6 Å². The summed E-state index contributed by atoms with van der Waals surface area (Å²) in [5.74, 6) is 0.971. The summed E-state index contributed by atoms with van der Waals surface area (Å²) in [6, 6.07) is 6.74. The Morgan fingerprint density at radius 3 is 2.56 bits per heavy atom. The summed E-state index contributed by atoms with van der Waals surface area (Å²) in [5, 5.41) is 6.33. The third kappa shape index (κ3) is 5.88. The lowest BCUT2D eigenvalue weighted by Gasteiger charge is -2.38. The predicted octanol–water partition coefficient (Wildman–Crippen LogP) is 2.31. The van der Waals surface area contributed by atoms with E-state index in [0.29, 0.717) is 13.0 Å². The number of benzene rings is 1. The molecule has 1 aromatic rings. The number of aryl methyl sites for hydroxylation is 1. The maximum Gasteiger partial charge on any atom is 0.221 e. The third-order valence-corrected chi connectivity index (χ3v) is 5.36. The number of guanidine groups is 1. The molecule has 6 heteroatoms. The van der Waals surface area contributed by atoms with Gasteiger partial charge >= 0.3 is 0 Å². The number of nitrogens with one attached hydrogen (secondary N) is 2. The van der Waals surface area contributed by atoms with Gasteiger partial charge in [-0.05, 0) is 44.4 Å². The third-order valence-electron chi connectivity index (χ3n) is 5.36. The van der Waals surface area contributed by atoms with Crippen molar-refractivity contribution in [1.29, 1.82) is 0 Å². The van der Waals surface area contributed by atoms with E-state index < -0.39 is 0 Å². The fraction of sp³-hybridized carbons (Fsp3) is 0.619. The first-order valence-electron chi connectivity index (χ1n) is 10.0. The summed E-state index contributed by atoms with van der Waals surface area (Å²) in [6.07, 6.45) is 1.41. The lowest BCUT2D eigenvalue weighted by molar-refractivity contribution is -0.121. The molecule has 0 aliphatic carbocycles. The van der Waals surface area contributed by atoms with Crippen LogP contribution in [0.4, 0.5) is 5.69 Å². The van der Waals surface area contributed by atoms with E-state index in [1.165, 1.54) is 16.8 Å². The van der Waals surface area contributed by atoms with Gasteiger partial charge in [0.05, 0.1) is 0 Å². The van der Waals surface area contributed by atoms with Gasteiger partial charge in [-0.25, -0.2) is 0 Å². The van der Waals surface area contributed by atoms with E-state index in [1.807, 2.05) is 6.92 Å². The SMILES string of the molecule is CCC(C)NC(=O)CCNC(=NC)N1CCN(c2cccc(C)c2C)CC1. The van der Waals surface area contributed by atoms with Gasteiger partial charge in [0, 0.05) is 57.9 Å². The van der Waals surface area contributed by atoms with E-state index in [9.17, 15) is 4.79 Å². The molecule has 2 N–H and O–H groups in total. The molecule has 0 radical (unpaired) electrons. The van der Waals surface area contributed by atoms with Crippen molar-refractivity contribution in [1.82, 2.24) is 15.5 Å². The minimum Gasteiger partial charge on any atom is -0.368 e. The number of amides is 1. The molecule has 0 saturated carbocycles. The molecule has 1 amide bonds. The predicted molar refractivity (Wildman–Crippen MR) is 114 cm³/mol. The van der Waals surface area contributed by atoms with Crippen LogP contribution in [0.2, 0.25) is 0 Å². The van der Waals surface area contributed by atoms with Gasteiger partial charge in [-0.2, -0.15) is 0 Å². The van der Waals surface area contributed by atoms with Crippen LogP contribution in [0.5, 0.6) is 0 Å². The van der Waals surface area contributed by atoms with Crippen LogP contribution < -0.4 is 15.5 Å². The summed E-state index contributed by atoms with van der Waals surface area (Å²) in [5.41, 5.74) is 4.03. The summed E-state index contributed by atoms with van der Waals surface area (Å²) < 4.78 is 0. The summed E-state index contributed by atoms with van der Waals surface area (Å²) in [6.45, 7) is 12.9. The first-order chi connectivity index (χ1) is 13.0. The smallest absolute Gasteiger partial charge is 0.221 e. The standard InChI is InChI=1S/C21H35N5O/c1-6-17(3)24-20(27)10-11-23-21(22-5)26-14-12-25(13-15-26)19-9-7-8-16(2)18(19)4/h7-9,17H,6,10-15H2,1-5H3,(H,22,23)(H,24,27). The van der Waals surface area contributed by atoms with Crippen LogP contribution >= 0.6 is 0 Å². The van der Waals surface area contributed by atoms with Gasteiger partial charge in [0.2, 0.25) is 5.91 Å². The Hall–Kier alpha value is -2.24. The van der Waals surface area contributed by atoms with Crippen molar-refractivity contribution < 1.29 is 4.79 Å². The number of piperazine rings is 1. The van der Waals surface area contributed by atoms with E-state index in [-0.39, 0.29) is 11.9 Å². The molecule has 0 bridgehead atoms. The van der Waals surface area contributed by atoms with Gasteiger partial charge < -0.3 is 20.4 Å². The van der Waals surface area contributed by atoms with Crippen LogP contribution in [0.1, 0.15) is 37.8 Å². The van der Waals surface area contributed by atoms with Gasteiger partial charge in [0.25, 0.3) is 0 Å². The molecule has 6 nitrogen and oxygen atoms in total. The lowest BCUT2D eigenvalue weighted by atomic mass is 10.1. The van der Waals surface area contributed by atoms with Crippen molar-refractivity contribution >= 4 is 17.6 Å². The first-order valence-corrected chi connectivity index (χ1v) is 10.0. The highest BCUT2D eigenvalue weighted by atomic mass is 16.1. The minimum absolute atomic E-state index is 0.0899. The highest BCUT2D eigenvalue weighted by molar-refractivity contribution is 5.81. The number of hydrogen-bond acceptors (Lipinski definition) is 3. The number of carbonyl (C=O) groups is 1. The molecule has 0 spiro atoms. The Balaban J connectivity index is 1.81. The van der Waals surface area contributed by atoms with Gasteiger partial charge in [0.15, 0.2) is 5.96 Å². The average molecular weight is 374 g/mol. The van der Waals surface area contributed by atoms with Crippen LogP contribution in [0.25, 0.3) is 0 Å². The molecule has 150 valence electrons. The maximum absolute atomic E-state index is 11.9. The molecular weight excluding hydrogens is 338 g/mol. The van der Waals surface area contributed by atoms with Gasteiger partial charge in [0.1, 0.15) is 0 Å². The Morgan fingerprint density at radius 1 is 1.22 bits per heavy atom. The molecule has 1 unspecified atom stereocenters. The highest BCUT2D eigenvalue weighted by Crippen LogP contribution is 2.23. The quantitative estimate of drug-likeness (QED) is 0.593. The van der Waals surface area contributed by atoms with Crippen molar-refractivity contribution in [2.24, 2.45) is 4.99 Å². The first kappa shape index (κ1) is 21.1. The van der Waals surface area contributed by atoms with Crippen molar-refractivity contribution in [2.45, 2.75) is 46.6 Å². The monoisotopic (exact) mass is 373 g/mol. The number of carbonyl (C=O) groups excluding carboxylic acids is 1. The maximum atomic E-state index is 11.9. The molecule has 1 atom stereocenters. The number of nitrogens with zero attached hydrogens (tertiary/aromatic N) is 3. The molecule has 1 aliphatic heterocycles. The fourth-order valence-corrected chi connectivity index (χ4v) is 3.31. The average Bonchev–Trinajstić information content (AvgIpc) is 2.67. The fourth-order valence-electron chi connectivity index (χ4n) is 3.31. The molecule has 1 heterocycles. The molecule has 27 heavy (non-hydrogen) atoms. The Kier molecular flexibility index (Phi) is 7.95. The zero-order valence-electron chi connectivity index (χ0n) is 17.5. The second kappa shape index (κ2) is 10.2. The van der Waals surface area contributed by atoms with Crippen molar-refractivity contribution in [3.05, 3.63) is 29.3 Å². The zero-order valence-corrected chi connectivity index (χ0v) is 17.5. The molecular formula is C21H35N5O. The summed E-state index contributed by atoms with van der Waals surface area (Å²) in [7, 11) is 1.80. The zero-order chi connectivity index (χ0) is 19.8. The second-order valence-electron chi connectivity index (χ2n) is 7.29. The Bertz CT molecular complexity index is 650. The normalized spacial score (nSPS) is 16.3. The molecule has 1 saturated heterocycles. The van der Waals surface area contributed by atoms with Crippen LogP contribution in [-0.2, 0) is 4.79 Å². The van der Waals surface area contributed by atoms with Crippen LogP contribution in [0, 0.1) is 13.8 Å². The van der Waals surface area contributed by atoms with Gasteiger partial charge in [-0.3, -0.25) is 9.79 Å². The number of anilines is 1. The Morgan fingerprint density at radius 2 is 1.93 bits per heavy atom. The van der Waals surface area contributed by atoms with E-state index in [2.05, 4.69) is 64.4 Å². The molecule has 1 fully saturated rings. The van der Waals surface area contributed by atoms with Crippen LogP contribution in [0.3, 0.4) is 0 Å². The number of hydrogen-bond donors (Lipinski definition) is 2. The van der Waals surface area contributed by atoms with E-state index in [0.717, 1.165) is 38.6 Å². The van der Waals surface area contributed by atoms with Gasteiger partial charge in [-0.1, -0.05) is 19.1 Å². The van der Waals surface area contributed by atoms with E-state index >= 15 is 0 Å². The second-order valence-corrected chi connectivity index (χ2v) is 7.29.